The van der Waals surface area contributed by atoms with Crippen molar-refractivity contribution in [2.24, 2.45) is 0 Å². The highest BCUT2D eigenvalue weighted by molar-refractivity contribution is 5.80. The quantitative estimate of drug-likeness (QED) is 0.798. The molecule has 0 bridgehead atoms. The van der Waals surface area contributed by atoms with Crippen molar-refractivity contribution in [2.75, 3.05) is 6.54 Å². The van der Waals surface area contributed by atoms with E-state index in [1.165, 1.54) is 10.9 Å². The second-order valence-corrected chi connectivity index (χ2v) is 4.99. The predicted molar refractivity (Wildman–Crippen MR) is 77.7 cm³/mol. The first-order chi connectivity index (χ1) is 8.65. The zero-order chi connectivity index (χ0) is 13.0. The average molecular weight is 243 g/mol. The summed E-state index contributed by atoms with van der Waals surface area (Å²) in [6.45, 7) is 7.42. The predicted octanol–water partition coefficient (Wildman–Crippen LogP) is 4.14. The molecule has 0 aliphatic rings. The number of fused-ring (bicyclic) bond motifs is 1. The lowest BCUT2D eigenvalue weighted by Crippen LogP contribution is -2.23. The van der Waals surface area contributed by atoms with Gasteiger partial charge in [-0.25, -0.2) is 0 Å². The van der Waals surface area contributed by atoms with Gasteiger partial charge in [-0.15, -0.1) is 0 Å². The molecule has 2 heteroatoms. The van der Waals surface area contributed by atoms with E-state index in [9.17, 15) is 0 Å². The van der Waals surface area contributed by atoms with Crippen LogP contribution < -0.4 is 5.32 Å². The highest BCUT2D eigenvalue weighted by Gasteiger charge is 2.00. The van der Waals surface area contributed by atoms with Gasteiger partial charge in [0.1, 0.15) is 11.3 Å². The van der Waals surface area contributed by atoms with Crippen molar-refractivity contribution in [3.63, 3.8) is 0 Å². The molecule has 1 N–H and O–H groups in total. The minimum Gasteiger partial charge on any atom is -0.457 e. The van der Waals surface area contributed by atoms with Crippen molar-refractivity contribution < 1.29 is 4.42 Å². The first-order valence-corrected chi connectivity index (χ1v) is 6.55. The van der Waals surface area contributed by atoms with Crippen LogP contribution in [0.15, 0.2) is 34.8 Å². The number of hydrogen-bond acceptors (Lipinski definition) is 2. The van der Waals surface area contributed by atoms with E-state index in [1.807, 2.05) is 6.07 Å². The van der Waals surface area contributed by atoms with Crippen LogP contribution in [0.5, 0.6) is 0 Å². The largest absolute Gasteiger partial charge is 0.457 e. The first kappa shape index (κ1) is 12.9. The molecule has 0 aliphatic carbocycles. The fourth-order valence-electron chi connectivity index (χ4n) is 1.92. The maximum atomic E-state index is 5.74. The molecule has 18 heavy (non-hydrogen) atoms. The Labute approximate surface area is 109 Å². The fourth-order valence-corrected chi connectivity index (χ4v) is 1.92. The van der Waals surface area contributed by atoms with E-state index in [4.69, 9.17) is 4.42 Å². The summed E-state index contributed by atoms with van der Waals surface area (Å²) in [6, 6.07) is 8.90. The van der Waals surface area contributed by atoms with Gasteiger partial charge in [0.15, 0.2) is 0 Å². The molecule has 1 heterocycles. The third-order valence-corrected chi connectivity index (χ3v) is 2.84. The molecule has 0 spiro atoms. The summed E-state index contributed by atoms with van der Waals surface area (Å²) in [4.78, 5) is 0. The second-order valence-electron chi connectivity index (χ2n) is 4.99. The summed E-state index contributed by atoms with van der Waals surface area (Å²) in [6.07, 6.45) is 5.23. The normalized spacial score (nSPS) is 12.0. The molecule has 0 saturated heterocycles. The Morgan fingerprint density at radius 3 is 2.89 bits per heavy atom. The Balaban J connectivity index is 1.97. The molecule has 0 radical (unpaired) electrons. The van der Waals surface area contributed by atoms with Crippen LogP contribution in [0.3, 0.4) is 0 Å². The number of furan rings is 1. The highest BCUT2D eigenvalue weighted by atomic mass is 16.3. The number of rotatable bonds is 5. The zero-order valence-corrected chi connectivity index (χ0v) is 11.4. The van der Waals surface area contributed by atoms with Crippen molar-refractivity contribution in [3.8, 4) is 0 Å². The monoisotopic (exact) mass is 243 g/mol. The standard InChI is InChI=1S/C16H21NO/c1-12(2)17-9-5-4-6-15-11-14-10-13(3)7-8-16(14)18-15/h4,6-8,10-12,17H,5,9H2,1-3H3/b6-4+. The van der Waals surface area contributed by atoms with Gasteiger partial charge in [-0.1, -0.05) is 31.6 Å². The van der Waals surface area contributed by atoms with Crippen molar-refractivity contribution in [3.05, 3.63) is 41.7 Å². The van der Waals surface area contributed by atoms with E-state index in [0.717, 1.165) is 24.3 Å². The summed E-state index contributed by atoms with van der Waals surface area (Å²) < 4.78 is 5.74. The van der Waals surface area contributed by atoms with Gasteiger partial charge in [0.2, 0.25) is 0 Å². The van der Waals surface area contributed by atoms with E-state index < -0.39 is 0 Å². The van der Waals surface area contributed by atoms with E-state index in [2.05, 4.69) is 56.4 Å². The molecule has 2 rings (SSSR count). The maximum Gasteiger partial charge on any atom is 0.134 e. The summed E-state index contributed by atoms with van der Waals surface area (Å²) in [7, 11) is 0. The smallest absolute Gasteiger partial charge is 0.134 e. The summed E-state index contributed by atoms with van der Waals surface area (Å²) in [5.74, 6) is 0.931. The Bertz CT molecular complexity index is 537. The van der Waals surface area contributed by atoms with Gasteiger partial charge in [0.05, 0.1) is 0 Å². The third kappa shape index (κ3) is 3.47. The molecule has 0 amide bonds. The number of aryl methyl sites for hydroxylation is 1. The molecule has 1 aromatic carbocycles. The summed E-state index contributed by atoms with van der Waals surface area (Å²) in [5.41, 5.74) is 2.22. The lowest BCUT2D eigenvalue weighted by Gasteiger charge is -2.04. The van der Waals surface area contributed by atoms with Crippen molar-refractivity contribution >= 4 is 17.0 Å². The third-order valence-electron chi connectivity index (χ3n) is 2.84. The molecule has 1 aromatic heterocycles. The van der Waals surface area contributed by atoms with Crippen molar-refractivity contribution in [1.82, 2.24) is 5.32 Å². The second kappa shape index (κ2) is 5.87. The molecule has 0 aliphatic heterocycles. The number of benzene rings is 1. The van der Waals surface area contributed by atoms with Crippen molar-refractivity contribution in [2.45, 2.75) is 33.2 Å². The van der Waals surface area contributed by atoms with Crippen LogP contribution in [0.2, 0.25) is 0 Å². The minimum absolute atomic E-state index is 0.549. The Morgan fingerprint density at radius 2 is 2.11 bits per heavy atom. The maximum absolute atomic E-state index is 5.74. The van der Waals surface area contributed by atoms with Gasteiger partial charge in [-0.05, 0) is 44.2 Å². The van der Waals surface area contributed by atoms with Gasteiger partial charge in [-0.2, -0.15) is 0 Å². The molecule has 0 saturated carbocycles. The van der Waals surface area contributed by atoms with Crippen LogP contribution in [-0.2, 0) is 0 Å². The molecule has 2 aromatic rings. The van der Waals surface area contributed by atoms with Gasteiger partial charge in [0.25, 0.3) is 0 Å². The van der Waals surface area contributed by atoms with E-state index in [1.54, 1.807) is 0 Å². The van der Waals surface area contributed by atoms with Gasteiger partial charge in [0, 0.05) is 11.4 Å². The average Bonchev–Trinajstić information content (AvgIpc) is 2.70. The Hall–Kier alpha value is -1.54. The number of nitrogens with one attached hydrogen (secondary N) is 1. The highest BCUT2D eigenvalue weighted by Crippen LogP contribution is 2.21. The first-order valence-electron chi connectivity index (χ1n) is 6.55. The molecule has 0 atom stereocenters. The minimum atomic E-state index is 0.549. The topological polar surface area (TPSA) is 25.2 Å². The summed E-state index contributed by atoms with van der Waals surface area (Å²) >= 11 is 0. The van der Waals surface area contributed by atoms with Gasteiger partial charge in [-0.3, -0.25) is 0 Å². The van der Waals surface area contributed by atoms with Gasteiger partial charge >= 0.3 is 0 Å². The van der Waals surface area contributed by atoms with Crippen LogP contribution >= 0.6 is 0 Å². The van der Waals surface area contributed by atoms with Crippen LogP contribution in [0, 0.1) is 6.92 Å². The van der Waals surface area contributed by atoms with Crippen LogP contribution in [-0.4, -0.2) is 12.6 Å². The SMILES string of the molecule is Cc1ccc2oc(/C=C/CCNC(C)C)cc2c1. The van der Waals surface area contributed by atoms with E-state index >= 15 is 0 Å². The molecule has 0 fully saturated rings. The van der Waals surface area contributed by atoms with E-state index in [0.29, 0.717) is 6.04 Å². The molecule has 2 nitrogen and oxygen atoms in total. The van der Waals surface area contributed by atoms with Crippen molar-refractivity contribution in [1.29, 1.82) is 0 Å². The molecular weight excluding hydrogens is 222 g/mol. The van der Waals surface area contributed by atoms with E-state index in [-0.39, 0.29) is 0 Å². The molecule has 0 unspecified atom stereocenters. The lowest BCUT2D eigenvalue weighted by atomic mass is 10.2. The Morgan fingerprint density at radius 1 is 1.28 bits per heavy atom. The fraction of sp³-hybridized carbons (Fsp3) is 0.375. The summed E-state index contributed by atoms with van der Waals surface area (Å²) in [5, 5.41) is 4.56. The molecular formula is C16H21NO. The van der Waals surface area contributed by atoms with Crippen LogP contribution in [0.4, 0.5) is 0 Å². The van der Waals surface area contributed by atoms with Crippen LogP contribution in [0.1, 0.15) is 31.6 Å². The zero-order valence-electron chi connectivity index (χ0n) is 11.4. The lowest BCUT2D eigenvalue weighted by molar-refractivity contribution is 0.593. The number of hydrogen-bond donors (Lipinski definition) is 1. The van der Waals surface area contributed by atoms with Gasteiger partial charge < -0.3 is 9.73 Å². The molecule has 96 valence electrons. The Kier molecular flexibility index (Phi) is 4.21. The van der Waals surface area contributed by atoms with Crippen LogP contribution in [0.25, 0.3) is 17.0 Å².